The predicted molar refractivity (Wildman–Crippen MR) is 57.2 cm³/mol. The van der Waals surface area contributed by atoms with Gasteiger partial charge in [-0.05, 0) is 26.3 Å². The maximum absolute atomic E-state index is 11.3. The molecule has 82 valence electrons. The molecule has 3 heteroatoms. The van der Waals surface area contributed by atoms with Gasteiger partial charge in [-0.2, -0.15) is 0 Å². The van der Waals surface area contributed by atoms with Crippen LogP contribution in [0.3, 0.4) is 0 Å². The van der Waals surface area contributed by atoms with Crippen LogP contribution in [0.5, 0.6) is 0 Å². The Balaban J connectivity index is 4.09. The van der Waals surface area contributed by atoms with Crippen molar-refractivity contribution >= 4 is 11.6 Å². The number of nitrogens with one attached hydrogen (secondary N) is 1. The molecule has 0 aromatic rings. The highest BCUT2D eigenvalue weighted by Crippen LogP contribution is 2.16. The molecule has 0 heterocycles. The van der Waals surface area contributed by atoms with Gasteiger partial charge in [-0.3, -0.25) is 9.59 Å². The van der Waals surface area contributed by atoms with Crippen LogP contribution in [-0.2, 0) is 9.59 Å². The largest absolute Gasteiger partial charge is 0.313 e. The average molecular weight is 199 g/mol. The third-order valence-electron chi connectivity index (χ3n) is 2.18. The fraction of sp³-hybridized carbons (Fsp3) is 0.818. The summed E-state index contributed by atoms with van der Waals surface area (Å²) in [4.78, 5) is 22.6. The number of rotatable bonds is 7. The van der Waals surface area contributed by atoms with Gasteiger partial charge in [0, 0.05) is 12.3 Å². The second kappa shape index (κ2) is 6.71. The highest BCUT2D eigenvalue weighted by Gasteiger charge is 2.18. The van der Waals surface area contributed by atoms with Gasteiger partial charge in [0.25, 0.3) is 0 Å². The average Bonchev–Trinajstić information content (AvgIpc) is 2.02. The van der Waals surface area contributed by atoms with E-state index in [1.54, 1.807) is 14.0 Å². The maximum Gasteiger partial charge on any atom is 0.147 e. The van der Waals surface area contributed by atoms with Crippen molar-refractivity contribution in [3.63, 3.8) is 0 Å². The van der Waals surface area contributed by atoms with Crippen molar-refractivity contribution in [2.75, 3.05) is 13.6 Å². The molecule has 0 amide bonds. The Morgan fingerprint density at radius 3 is 2.21 bits per heavy atom. The van der Waals surface area contributed by atoms with E-state index in [2.05, 4.69) is 19.2 Å². The first kappa shape index (κ1) is 13.3. The molecule has 0 aliphatic carbocycles. The number of ketones is 2. The third kappa shape index (κ3) is 5.86. The molecule has 0 rings (SSSR count). The summed E-state index contributed by atoms with van der Waals surface area (Å²) >= 11 is 0. The molecule has 0 aliphatic heterocycles. The summed E-state index contributed by atoms with van der Waals surface area (Å²) in [6.07, 6.45) is 1.19. The summed E-state index contributed by atoms with van der Waals surface area (Å²) in [5, 5.41) is 2.80. The van der Waals surface area contributed by atoms with Crippen LogP contribution < -0.4 is 5.32 Å². The topological polar surface area (TPSA) is 46.2 Å². The highest BCUT2D eigenvalue weighted by molar-refractivity contribution is 5.87. The standard InChI is InChI=1S/C11H21NO2/c1-8(2)5-10(9(3)13)6-11(14)7-12-4/h8,10,12H,5-7H2,1-4H3/t10-/m1/s1. The van der Waals surface area contributed by atoms with E-state index in [9.17, 15) is 9.59 Å². The quantitative estimate of drug-likeness (QED) is 0.674. The summed E-state index contributed by atoms with van der Waals surface area (Å²) in [5.41, 5.74) is 0. The Bertz CT molecular complexity index is 199. The van der Waals surface area contributed by atoms with Crippen LogP contribution in [0.4, 0.5) is 0 Å². The van der Waals surface area contributed by atoms with Crippen molar-refractivity contribution in [1.29, 1.82) is 0 Å². The van der Waals surface area contributed by atoms with Crippen molar-refractivity contribution in [3.05, 3.63) is 0 Å². The molecule has 3 nitrogen and oxygen atoms in total. The monoisotopic (exact) mass is 199 g/mol. The van der Waals surface area contributed by atoms with Gasteiger partial charge in [0.05, 0.1) is 6.54 Å². The van der Waals surface area contributed by atoms with Crippen LogP contribution in [0, 0.1) is 11.8 Å². The zero-order valence-electron chi connectivity index (χ0n) is 9.59. The number of likely N-dealkylation sites (N-methyl/N-ethyl adjacent to an activating group) is 1. The SMILES string of the molecule is CNCC(=O)C[C@@H](CC(C)C)C(C)=O. The lowest BCUT2D eigenvalue weighted by Gasteiger charge is -2.14. The molecule has 0 saturated heterocycles. The highest BCUT2D eigenvalue weighted by atomic mass is 16.1. The third-order valence-corrected chi connectivity index (χ3v) is 2.18. The Morgan fingerprint density at radius 1 is 1.29 bits per heavy atom. The Hall–Kier alpha value is -0.700. The molecule has 14 heavy (non-hydrogen) atoms. The van der Waals surface area contributed by atoms with E-state index in [0.29, 0.717) is 18.9 Å². The number of carbonyl (C=O) groups is 2. The van der Waals surface area contributed by atoms with Crippen molar-refractivity contribution in [1.82, 2.24) is 5.32 Å². The summed E-state index contributed by atoms with van der Waals surface area (Å²) in [5.74, 6) is 0.624. The predicted octanol–water partition coefficient (Wildman–Crippen LogP) is 1.42. The van der Waals surface area contributed by atoms with Gasteiger partial charge in [-0.25, -0.2) is 0 Å². The minimum absolute atomic E-state index is 0.0872. The maximum atomic E-state index is 11.3. The molecule has 0 unspecified atom stereocenters. The van der Waals surface area contributed by atoms with E-state index in [0.717, 1.165) is 6.42 Å². The van der Waals surface area contributed by atoms with Crippen LogP contribution in [0.15, 0.2) is 0 Å². The van der Waals surface area contributed by atoms with Gasteiger partial charge in [0.1, 0.15) is 11.6 Å². The zero-order valence-corrected chi connectivity index (χ0v) is 9.59. The van der Waals surface area contributed by atoms with Gasteiger partial charge in [0.15, 0.2) is 0 Å². The van der Waals surface area contributed by atoms with E-state index < -0.39 is 0 Å². The van der Waals surface area contributed by atoms with Crippen molar-refractivity contribution in [2.45, 2.75) is 33.6 Å². The van der Waals surface area contributed by atoms with Gasteiger partial charge < -0.3 is 5.32 Å². The molecule has 0 saturated carbocycles. The lowest BCUT2D eigenvalue weighted by atomic mass is 9.89. The second-order valence-electron chi connectivity index (χ2n) is 4.21. The number of hydrogen-bond donors (Lipinski definition) is 1. The first-order valence-electron chi connectivity index (χ1n) is 5.14. The molecule has 0 aromatic heterocycles. The van der Waals surface area contributed by atoms with Crippen LogP contribution in [0.25, 0.3) is 0 Å². The molecule has 0 fully saturated rings. The van der Waals surface area contributed by atoms with Crippen LogP contribution in [0.1, 0.15) is 33.6 Å². The van der Waals surface area contributed by atoms with Gasteiger partial charge in [-0.1, -0.05) is 13.8 Å². The zero-order chi connectivity index (χ0) is 11.1. The van der Waals surface area contributed by atoms with Gasteiger partial charge in [-0.15, -0.1) is 0 Å². The Kier molecular flexibility index (Phi) is 6.37. The van der Waals surface area contributed by atoms with Crippen LogP contribution >= 0.6 is 0 Å². The molecule has 0 aliphatic rings. The fourth-order valence-electron chi connectivity index (χ4n) is 1.51. The molecule has 1 N–H and O–H groups in total. The van der Waals surface area contributed by atoms with E-state index in [4.69, 9.17) is 0 Å². The summed E-state index contributed by atoms with van der Waals surface area (Å²) in [6.45, 7) is 6.07. The first-order chi connectivity index (χ1) is 6.47. The Labute approximate surface area is 86.3 Å². The first-order valence-corrected chi connectivity index (χ1v) is 5.14. The Morgan fingerprint density at radius 2 is 1.86 bits per heavy atom. The van der Waals surface area contributed by atoms with E-state index in [1.165, 1.54) is 0 Å². The minimum atomic E-state index is -0.0872. The van der Waals surface area contributed by atoms with E-state index in [1.807, 2.05) is 0 Å². The van der Waals surface area contributed by atoms with Crippen molar-refractivity contribution < 1.29 is 9.59 Å². The minimum Gasteiger partial charge on any atom is -0.313 e. The van der Waals surface area contributed by atoms with Crippen LogP contribution in [0.2, 0.25) is 0 Å². The fourth-order valence-corrected chi connectivity index (χ4v) is 1.51. The van der Waals surface area contributed by atoms with E-state index in [-0.39, 0.29) is 17.5 Å². The smallest absolute Gasteiger partial charge is 0.147 e. The molecule has 0 radical (unpaired) electrons. The molecular weight excluding hydrogens is 178 g/mol. The molecule has 0 bridgehead atoms. The van der Waals surface area contributed by atoms with Gasteiger partial charge in [0.2, 0.25) is 0 Å². The summed E-state index contributed by atoms with van der Waals surface area (Å²) in [7, 11) is 1.74. The van der Waals surface area contributed by atoms with Gasteiger partial charge >= 0.3 is 0 Å². The van der Waals surface area contributed by atoms with E-state index >= 15 is 0 Å². The lowest BCUT2D eigenvalue weighted by molar-refractivity contribution is -0.126. The lowest BCUT2D eigenvalue weighted by Crippen LogP contribution is -2.24. The molecular formula is C11H21NO2. The summed E-state index contributed by atoms with van der Waals surface area (Å²) in [6, 6.07) is 0. The second-order valence-corrected chi connectivity index (χ2v) is 4.21. The summed E-state index contributed by atoms with van der Waals surface area (Å²) < 4.78 is 0. The van der Waals surface area contributed by atoms with Crippen molar-refractivity contribution in [2.24, 2.45) is 11.8 Å². The molecule has 1 atom stereocenters. The molecule has 0 aromatic carbocycles. The van der Waals surface area contributed by atoms with Crippen LogP contribution in [-0.4, -0.2) is 25.2 Å². The number of Topliss-reactive ketones (excluding diaryl/α,β-unsaturated/α-hetero) is 2. The number of carbonyl (C=O) groups excluding carboxylic acids is 2. The molecule has 0 spiro atoms. The normalized spacial score (nSPS) is 12.9. The van der Waals surface area contributed by atoms with Crippen molar-refractivity contribution in [3.8, 4) is 0 Å². The number of hydrogen-bond acceptors (Lipinski definition) is 3.